The minimum atomic E-state index is 0.172. The Morgan fingerprint density at radius 1 is 0.952 bits per heavy atom. The van der Waals surface area contributed by atoms with E-state index in [4.69, 9.17) is 11.6 Å². The molecule has 21 heavy (non-hydrogen) atoms. The topological polar surface area (TPSA) is 26.8 Å². The van der Waals surface area contributed by atoms with Crippen molar-refractivity contribution in [2.24, 2.45) is 0 Å². The fourth-order valence-corrected chi connectivity index (χ4v) is 3.40. The molecule has 0 saturated carbocycles. The van der Waals surface area contributed by atoms with Crippen LogP contribution in [0.1, 0.15) is 19.8 Å². The van der Waals surface area contributed by atoms with Gasteiger partial charge in [0.1, 0.15) is 0 Å². The first-order valence-electron chi connectivity index (χ1n) is 7.70. The molecule has 0 unspecified atom stereocenters. The van der Waals surface area contributed by atoms with Gasteiger partial charge in [-0.25, -0.2) is 0 Å². The van der Waals surface area contributed by atoms with Gasteiger partial charge in [-0.15, -0.1) is 0 Å². The van der Waals surface area contributed by atoms with Gasteiger partial charge < -0.3 is 14.7 Å². The third-order valence-electron chi connectivity index (χ3n) is 4.45. The second-order valence-corrected chi connectivity index (χ2v) is 6.26. The Labute approximate surface area is 131 Å². The number of carbonyl (C=O) groups excluding carboxylic acids is 1. The number of nitrogens with zero attached hydrogens (tertiary/aromatic N) is 3. The van der Waals surface area contributed by atoms with Crippen LogP contribution in [0, 0.1) is 0 Å². The third kappa shape index (κ3) is 3.10. The predicted molar refractivity (Wildman–Crippen MR) is 87.4 cm³/mol. The zero-order valence-corrected chi connectivity index (χ0v) is 13.3. The number of hydrogen-bond acceptors (Lipinski definition) is 3. The van der Waals surface area contributed by atoms with Gasteiger partial charge in [-0.3, -0.25) is 4.79 Å². The maximum atomic E-state index is 11.4. The van der Waals surface area contributed by atoms with Gasteiger partial charge in [0.05, 0.1) is 11.4 Å². The van der Waals surface area contributed by atoms with Crippen LogP contribution < -0.4 is 9.80 Å². The van der Waals surface area contributed by atoms with Crippen LogP contribution in [-0.4, -0.2) is 50.1 Å². The quantitative estimate of drug-likeness (QED) is 0.840. The molecule has 0 aliphatic carbocycles. The molecule has 1 aromatic rings. The van der Waals surface area contributed by atoms with Crippen LogP contribution >= 0.6 is 11.6 Å². The molecule has 1 aromatic carbocycles. The second-order valence-electron chi connectivity index (χ2n) is 5.82. The lowest BCUT2D eigenvalue weighted by molar-refractivity contribution is -0.129. The molecule has 2 fully saturated rings. The number of anilines is 2. The predicted octanol–water partition coefficient (Wildman–Crippen LogP) is 2.61. The Balaban J connectivity index is 1.80. The van der Waals surface area contributed by atoms with E-state index in [-0.39, 0.29) is 5.91 Å². The van der Waals surface area contributed by atoms with Crippen LogP contribution in [0.25, 0.3) is 0 Å². The van der Waals surface area contributed by atoms with E-state index < -0.39 is 0 Å². The number of rotatable bonds is 2. The Morgan fingerprint density at radius 3 is 2.19 bits per heavy atom. The second kappa shape index (κ2) is 6.14. The monoisotopic (exact) mass is 307 g/mol. The largest absolute Gasteiger partial charge is 0.370 e. The Morgan fingerprint density at radius 2 is 1.57 bits per heavy atom. The van der Waals surface area contributed by atoms with Gasteiger partial charge in [0.2, 0.25) is 5.91 Å². The number of carbonyl (C=O) groups is 1. The molecule has 5 heteroatoms. The summed E-state index contributed by atoms with van der Waals surface area (Å²) in [6.07, 6.45) is 2.51. The average molecular weight is 308 g/mol. The maximum absolute atomic E-state index is 11.4. The van der Waals surface area contributed by atoms with E-state index in [1.165, 1.54) is 24.2 Å². The Hall–Kier alpha value is -1.42. The summed E-state index contributed by atoms with van der Waals surface area (Å²) in [5.41, 5.74) is 2.50. The van der Waals surface area contributed by atoms with Crippen LogP contribution in [0.15, 0.2) is 18.2 Å². The zero-order valence-electron chi connectivity index (χ0n) is 12.5. The molecule has 2 heterocycles. The van der Waals surface area contributed by atoms with Crippen molar-refractivity contribution in [1.29, 1.82) is 0 Å². The maximum Gasteiger partial charge on any atom is 0.219 e. The molecule has 0 atom stereocenters. The molecule has 2 saturated heterocycles. The zero-order chi connectivity index (χ0) is 14.8. The van der Waals surface area contributed by atoms with E-state index >= 15 is 0 Å². The standard InChI is InChI=1S/C16H22ClN3O/c1-13(21)18-8-10-20(11-9-18)15-5-4-14(17)12-16(15)19-6-2-3-7-19/h4-5,12H,2-3,6-11H2,1H3. The van der Waals surface area contributed by atoms with Gasteiger partial charge in [-0.05, 0) is 31.0 Å². The third-order valence-corrected chi connectivity index (χ3v) is 4.68. The minimum Gasteiger partial charge on any atom is -0.370 e. The molecular formula is C16H22ClN3O. The normalized spacial score (nSPS) is 19.2. The molecule has 114 valence electrons. The fourth-order valence-electron chi connectivity index (χ4n) is 3.24. The highest BCUT2D eigenvalue weighted by atomic mass is 35.5. The molecular weight excluding hydrogens is 286 g/mol. The highest BCUT2D eigenvalue weighted by Gasteiger charge is 2.23. The van der Waals surface area contributed by atoms with E-state index in [0.29, 0.717) is 0 Å². The smallest absolute Gasteiger partial charge is 0.219 e. The summed E-state index contributed by atoms with van der Waals surface area (Å²) in [5, 5.41) is 0.794. The Kier molecular flexibility index (Phi) is 4.24. The molecule has 0 N–H and O–H groups in total. The SMILES string of the molecule is CC(=O)N1CCN(c2ccc(Cl)cc2N2CCCC2)CC1. The summed E-state index contributed by atoms with van der Waals surface area (Å²) < 4.78 is 0. The molecule has 2 aliphatic rings. The van der Waals surface area contributed by atoms with E-state index in [9.17, 15) is 4.79 Å². The fraction of sp³-hybridized carbons (Fsp3) is 0.562. The Bertz CT molecular complexity index is 520. The molecule has 2 aliphatic heterocycles. The van der Waals surface area contributed by atoms with Crippen LogP contribution in [0.2, 0.25) is 5.02 Å². The number of benzene rings is 1. The molecule has 4 nitrogen and oxygen atoms in total. The lowest BCUT2D eigenvalue weighted by Gasteiger charge is -2.37. The van der Waals surface area contributed by atoms with E-state index in [2.05, 4.69) is 21.9 Å². The van der Waals surface area contributed by atoms with E-state index in [0.717, 1.165) is 44.3 Å². The van der Waals surface area contributed by atoms with Gasteiger partial charge in [0, 0.05) is 51.2 Å². The van der Waals surface area contributed by atoms with Crippen LogP contribution in [0.3, 0.4) is 0 Å². The minimum absolute atomic E-state index is 0.172. The summed E-state index contributed by atoms with van der Waals surface area (Å²) in [4.78, 5) is 18.2. The number of halogens is 1. The van der Waals surface area contributed by atoms with Gasteiger partial charge in [-0.2, -0.15) is 0 Å². The van der Waals surface area contributed by atoms with Crippen molar-refractivity contribution in [3.63, 3.8) is 0 Å². The van der Waals surface area contributed by atoms with Gasteiger partial charge in [-0.1, -0.05) is 11.6 Å². The molecule has 0 radical (unpaired) electrons. The van der Waals surface area contributed by atoms with Crippen LogP contribution in [0.4, 0.5) is 11.4 Å². The van der Waals surface area contributed by atoms with Crippen molar-refractivity contribution >= 4 is 28.9 Å². The number of piperazine rings is 1. The van der Waals surface area contributed by atoms with Crippen molar-refractivity contribution in [3.8, 4) is 0 Å². The average Bonchev–Trinajstić information content (AvgIpc) is 3.01. The lowest BCUT2D eigenvalue weighted by Crippen LogP contribution is -2.48. The molecule has 1 amide bonds. The van der Waals surface area contributed by atoms with Gasteiger partial charge >= 0.3 is 0 Å². The van der Waals surface area contributed by atoms with E-state index in [1.54, 1.807) is 6.92 Å². The van der Waals surface area contributed by atoms with Crippen molar-refractivity contribution in [2.45, 2.75) is 19.8 Å². The number of amides is 1. The van der Waals surface area contributed by atoms with Gasteiger partial charge in [0.15, 0.2) is 0 Å². The van der Waals surface area contributed by atoms with Crippen molar-refractivity contribution in [3.05, 3.63) is 23.2 Å². The molecule has 3 rings (SSSR count). The summed E-state index contributed by atoms with van der Waals surface area (Å²) in [7, 11) is 0. The first-order valence-corrected chi connectivity index (χ1v) is 8.08. The first-order chi connectivity index (χ1) is 10.1. The van der Waals surface area contributed by atoms with Crippen LogP contribution in [-0.2, 0) is 4.79 Å². The van der Waals surface area contributed by atoms with E-state index in [1.807, 2.05) is 11.0 Å². The lowest BCUT2D eigenvalue weighted by atomic mass is 10.2. The van der Waals surface area contributed by atoms with Crippen molar-refractivity contribution < 1.29 is 4.79 Å². The highest BCUT2D eigenvalue weighted by Crippen LogP contribution is 2.34. The number of hydrogen-bond donors (Lipinski definition) is 0. The summed E-state index contributed by atoms with van der Waals surface area (Å²) in [6, 6.07) is 6.17. The van der Waals surface area contributed by atoms with Crippen molar-refractivity contribution in [1.82, 2.24) is 4.90 Å². The van der Waals surface area contributed by atoms with Crippen LogP contribution in [0.5, 0.6) is 0 Å². The van der Waals surface area contributed by atoms with Crippen molar-refractivity contribution in [2.75, 3.05) is 49.1 Å². The highest BCUT2D eigenvalue weighted by molar-refractivity contribution is 6.31. The summed E-state index contributed by atoms with van der Waals surface area (Å²) in [5.74, 6) is 0.172. The first kappa shape index (κ1) is 14.5. The van der Waals surface area contributed by atoms with Gasteiger partial charge in [0.25, 0.3) is 0 Å². The molecule has 0 spiro atoms. The molecule has 0 bridgehead atoms. The molecule has 0 aromatic heterocycles. The summed E-state index contributed by atoms with van der Waals surface area (Å²) >= 11 is 6.20. The summed E-state index contributed by atoms with van der Waals surface area (Å²) in [6.45, 7) is 7.26.